The monoisotopic (exact) mass is 195 g/mol. The molecule has 2 heterocycles. The second-order valence-corrected chi connectivity index (χ2v) is 3.85. The van der Waals surface area contributed by atoms with Gasteiger partial charge in [-0.3, -0.25) is 4.90 Å². The molecule has 1 saturated heterocycles. The largest absolute Gasteiger partial charge is 0.364 e. The van der Waals surface area contributed by atoms with Gasteiger partial charge in [0.15, 0.2) is 0 Å². The van der Waals surface area contributed by atoms with Gasteiger partial charge in [0.2, 0.25) is 0 Å². The van der Waals surface area contributed by atoms with Gasteiger partial charge in [-0.2, -0.15) is 0 Å². The molecule has 14 heavy (non-hydrogen) atoms. The van der Waals surface area contributed by atoms with Crippen molar-refractivity contribution in [2.45, 2.75) is 25.8 Å². The number of aromatic nitrogens is 1. The molecule has 1 fully saturated rings. The molecule has 0 saturated carbocycles. The number of nitrogens with two attached hydrogens (primary N) is 1. The van der Waals surface area contributed by atoms with E-state index in [1.807, 2.05) is 6.92 Å². The molecular formula is C10H17N3O. The molecule has 1 atom stereocenters. The van der Waals surface area contributed by atoms with Gasteiger partial charge in [0.25, 0.3) is 0 Å². The zero-order valence-corrected chi connectivity index (χ0v) is 8.57. The van der Waals surface area contributed by atoms with Crippen molar-refractivity contribution in [2.24, 2.45) is 5.73 Å². The van der Waals surface area contributed by atoms with Crippen LogP contribution in [0.1, 0.15) is 30.1 Å². The molecule has 1 aromatic heterocycles. The smallest absolute Gasteiger partial charge is 0.128 e. The van der Waals surface area contributed by atoms with Crippen molar-refractivity contribution < 1.29 is 4.52 Å². The molecule has 0 radical (unpaired) electrons. The van der Waals surface area contributed by atoms with Crippen LogP contribution in [-0.4, -0.2) is 29.7 Å². The average Bonchev–Trinajstić information content (AvgIpc) is 2.80. The van der Waals surface area contributed by atoms with Gasteiger partial charge in [0.1, 0.15) is 6.26 Å². The maximum absolute atomic E-state index is 5.80. The summed E-state index contributed by atoms with van der Waals surface area (Å²) in [5.74, 6) is 0. The van der Waals surface area contributed by atoms with Gasteiger partial charge in [-0.25, -0.2) is 0 Å². The highest BCUT2D eigenvalue weighted by Crippen LogP contribution is 2.25. The van der Waals surface area contributed by atoms with Gasteiger partial charge < -0.3 is 10.3 Å². The van der Waals surface area contributed by atoms with E-state index in [1.54, 1.807) is 6.26 Å². The van der Waals surface area contributed by atoms with Crippen LogP contribution >= 0.6 is 0 Å². The Labute approximate surface area is 84.0 Å². The first-order chi connectivity index (χ1) is 6.83. The summed E-state index contributed by atoms with van der Waals surface area (Å²) in [4.78, 5) is 2.42. The molecule has 1 unspecified atom stereocenters. The lowest BCUT2D eigenvalue weighted by Gasteiger charge is -2.25. The van der Waals surface area contributed by atoms with Crippen LogP contribution in [0.4, 0.5) is 0 Å². The molecule has 0 bridgehead atoms. The van der Waals surface area contributed by atoms with E-state index in [0.29, 0.717) is 12.6 Å². The van der Waals surface area contributed by atoms with Crippen molar-refractivity contribution >= 4 is 0 Å². The minimum absolute atomic E-state index is 0.295. The lowest BCUT2D eigenvalue weighted by molar-refractivity contribution is 0.249. The second-order valence-electron chi connectivity index (χ2n) is 3.85. The van der Waals surface area contributed by atoms with Crippen molar-refractivity contribution in [1.29, 1.82) is 0 Å². The molecule has 0 amide bonds. The predicted molar refractivity (Wildman–Crippen MR) is 53.8 cm³/mol. The Hall–Kier alpha value is -0.870. The fourth-order valence-corrected chi connectivity index (χ4v) is 2.15. The first kappa shape index (κ1) is 9.68. The third-order valence-corrected chi connectivity index (χ3v) is 2.95. The van der Waals surface area contributed by atoms with Crippen molar-refractivity contribution in [3.05, 3.63) is 17.5 Å². The van der Waals surface area contributed by atoms with Crippen LogP contribution in [0.3, 0.4) is 0 Å². The summed E-state index contributed by atoms with van der Waals surface area (Å²) in [5.41, 5.74) is 7.91. The average molecular weight is 195 g/mol. The number of likely N-dealkylation sites (tertiary alicyclic amines) is 1. The predicted octanol–water partition coefficient (Wildman–Crippen LogP) is 1.08. The third-order valence-electron chi connectivity index (χ3n) is 2.95. The van der Waals surface area contributed by atoms with Crippen LogP contribution < -0.4 is 5.73 Å². The van der Waals surface area contributed by atoms with Crippen LogP contribution in [0, 0.1) is 6.92 Å². The molecule has 0 aliphatic carbocycles. The molecular weight excluding hydrogens is 178 g/mol. The fraction of sp³-hybridized carbons (Fsp3) is 0.700. The van der Waals surface area contributed by atoms with Gasteiger partial charge in [-0.15, -0.1) is 0 Å². The molecule has 78 valence electrons. The number of hydrogen-bond acceptors (Lipinski definition) is 4. The number of hydrogen-bond donors (Lipinski definition) is 1. The van der Waals surface area contributed by atoms with Crippen molar-refractivity contribution in [1.82, 2.24) is 10.1 Å². The zero-order chi connectivity index (χ0) is 9.97. The van der Waals surface area contributed by atoms with E-state index in [2.05, 4.69) is 10.1 Å². The van der Waals surface area contributed by atoms with Gasteiger partial charge in [0, 0.05) is 12.1 Å². The van der Waals surface area contributed by atoms with Gasteiger partial charge in [-0.05, 0) is 32.9 Å². The Morgan fingerprint density at radius 3 is 2.79 bits per heavy atom. The topological polar surface area (TPSA) is 55.3 Å². The van der Waals surface area contributed by atoms with Crippen molar-refractivity contribution in [3.8, 4) is 0 Å². The highest BCUT2D eigenvalue weighted by atomic mass is 16.5. The van der Waals surface area contributed by atoms with E-state index < -0.39 is 0 Å². The Morgan fingerprint density at radius 2 is 2.29 bits per heavy atom. The second kappa shape index (κ2) is 4.11. The lowest BCUT2D eigenvalue weighted by Crippen LogP contribution is -2.31. The van der Waals surface area contributed by atoms with Gasteiger partial charge >= 0.3 is 0 Å². The molecule has 4 heteroatoms. The Bertz CT molecular complexity index is 291. The number of aryl methyl sites for hydroxylation is 1. The van der Waals surface area contributed by atoms with E-state index >= 15 is 0 Å². The first-order valence-electron chi connectivity index (χ1n) is 5.18. The molecule has 1 aromatic rings. The summed E-state index contributed by atoms with van der Waals surface area (Å²) in [7, 11) is 0. The maximum atomic E-state index is 5.80. The summed E-state index contributed by atoms with van der Waals surface area (Å²) in [6.07, 6.45) is 4.28. The highest BCUT2D eigenvalue weighted by molar-refractivity contribution is 5.18. The van der Waals surface area contributed by atoms with Crippen LogP contribution in [0.5, 0.6) is 0 Å². The summed E-state index contributed by atoms with van der Waals surface area (Å²) in [6, 6.07) is 0.295. The van der Waals surface area contributed by atoms with E-state index in [1.165, 1.54) is 12.8 Å². The fourth-order valence-electron chi connectivity index (χ4n) is 2.15. The Morgan fingerprint density at radius 1 is 1.57 bits per heavy atom. The van der Waals surface area contributed by atoms with Crippen LogP contribution in [0.15, 0.2) is 10.8 Å². The SMILES string of the molecule is Cc1nocc1C(CN)N1CCCC1. The molecule has 2 rings (SSSR count). The molecule has 4 nitrogen and oxygen atoms in total. The molecule has 2 N–H and O–H groups in total. The lowest BCUT2D eigenvalue weighted by atomic mass is 10.1. The quantitative estimate of drug-likeness (QED) is 0.784. The third kappa shape index (κ3) is 1.67. The minimum Gasteiger partial charge on any atom is -0.364 e. The molecule has 0 aromatic carbocycles. The van der Waals surface area contributed by atoms with E-state index in [9.17, 15) is 0 Å². The summed E-state index contributed by atoms with van der Waals surface area (Å²) >= 11 is 0. The Kier molecular flexibility index (Phi) is 2.84. The first-order valence-corrected chi connectivity index (χ1v) is 5.18. The van der Waals surface area contributed by atoms with Crippen LogP contribution in [0.2, 0.25) is 0 Å². The molecule has 0 spiro atoms. The Balaban J connectivity index is 2.16. The molecule has 1 aliphatic heterocycles. The van der Waals surface area contributed by atoms with Gasteiger partial charge in [0.05, 0.1) is 11.7 Å². The van der Waals surface area contributed by atoms with Crippen LogP contribution in [-0.2, 0) is 0 Å². The summed E-state index contributed by atoms with van der Waals surface area (Å²) in [6.45, 7) is 4.90. The number of rotatable bonds is 3. The standard InChI is InChI=1S/C10H17N3O/c1-8-9(7-14-12-8)10(6-11)13-4-2-3-5-13/h7,10H,2-6,11H2,1H3. The number of nitrogens with zero attached hydrogens (tertiary/aromatic N) is 2. The van der Waals surface area contributed by atoms with E-state index in [-0.39, 0.29) is 0 Å². The van der Waals surface area contributed by atoms with Crippen LogP contribution in [0.25, 0.3) is 0 Å². The van der Waals surface area contributed by atoms with E-state index in [0.717, 1.165) is 24.3 Å². The zero-order valence-electron chi connectivity index (χ0n) is 8.57. The molecule has 1 aliphatic rings. The normalized spacial score (nSPS) is 20.1. The van der Waals surface area contributed by atoms with Gasteiger partial charge in [-0.1, -0.05) is 5.16 Å². The summed E-state index contributed by atoms with van der Waals surface area (Å²) in [5, 5.41) is 3.90. The van der Waals surface area contributed by atoms with Crippen molar-refractivity contribution in [2.75, 3.05) is 19.6 Å². The minimum atomic E-state index is 0.295. The summed E-state index contributed by atoms with van der Waals surface area (Å²) < 4.78 is 4.96. The highest BCUT2D eigenvalue weighted by Gasteiger charge is 2.24. The van der Waals surface area contributed by atoms with E-state index in [4.69, 9.17) is 10.3 Å². The van der Waals surface area contributed by atoms with Crippen molar-refractivity contribution in [3.63, 3.8) is 0 Å². The maximum Gasteiger partial charge on any atom is 0.128 e.